The SMILES string of the molecule is NC(=O)c1cccc2c(NC(c3cccc(F)c3)C3CCCN3)ncnc12. The maximum atomic E-state index is 13.8. The van der Waals surface area contributed by atoms with Crippen LogP contribution >= 0.6 is 0 Å². The average molecular weight is 365 g/mol. The number of benzene rings is 2. The zero-order valence-electron chi connectivity index (χ0n) is 14.7. The number of fused-ring (bicyclic) bond motifs is 1. The number of primary amides is 1. The first-order valence-corrected chi connectivity index (χ1v) is 8.92. The number of rotatable bonds is 5. The molecule has 4 N–H and O–H groups in total. The first-order chi connectivity index (χ1) is 13.1. The maximum Gasteiger partial charge on any atom is 0.250 e. The van der Waals surface area contributed by atoms with Gasteiger partial charge in [0.15, 0.2) is 0 Å². The van der Waals surface area contributed by atoms with Crippen LogP contribution in [0.4, 0.5) is 10.2 Å². The van der Waals surface area contributed by atoms with Gasteiger partial charge in [0.25, 0.3) is 5.91 Å². The van der Waals surface area contributed by atoms with Gasteiger partial charge < -0.3 is 16.4 Å². The molecule has 7 heteroatoms. The van der Waals surface area contributed by atoms with Crippen molar-refractivity contribution < 1.29 is 9.18 Å². The molecule has 0 aliphatic carbocycles. The molecular weight excluding hydrogens is 345 g/mol. The molecule has 1 aromatic heterocycles. The van der Waals surface area contributed by atoms with E-state index in [4.69, 9.17) is 5.73 Å². The Balaban J connectivity index is 1.77. The Morgan fingerprint density at radius 3 is 2.85 bits per heavy atom. The van der Waals surface area contributed by atoms with Gasteiger partial charge >= 0.3 is 0 Å². The Morgan fingerprint density at radius 2 is 2.11 bits per heavy atom. The van der Waals surface area contributed by atoms with Crippen LogP contribution in [0, 0.1) is 5.82 Å². The second-order valence-electron chi connectivity index (χ2n) is 6.67. The number of hydrogen-bond donors (Lipinski definition) is 3. The highest BCUT2D eigenvalue weighted by Crippen LogP contribution is 2.30. The number of nitrogens with zero attached hydrogens (tertiary/aromatic N) is 2. The van der Waals surface area contributed by atoms with Crippen LogP contribution in [0.2, 0.25) is 0 Å². The molecule has 4 rings (SSSR count). The lowest BCUT2D eigenvalue weighted by Gasteiger charge is -2.26. The van der Waals surface area contributed by atoms with E-state index < -0.39 is 5.91 Å². The molecule has 2 aromatic carbocycles. The van der Waals surface area contributed by atoms with Crippen LogP contribution in [0.5, 0.6) is 0 Å². The van der Waals surface area contributed by atoms with Crippen LogP contribution in [-0.2, 0) is 0 Å². The molecule has 1 amide bonds. The van der Waals surface area contributed by atoms with Gasteiger partial charge in [-0.05, 0) is 49.2 Å². The Labute approximate surface area is 156 Å². The number of para-hydroxylation sites is 1. The van der Waals surface area contributed by atoms with Crippen LogP contribution in [0.1, 0.15) is 34.8 Å². The lowest BCUT2D eigenvalue weighted by molar-refractivity contribution is 0.100. The Morgan fingerprint density at radius 1 is 1.26 bits per heavy atom. The van der Waals surface area contributed by atoms with Crippen molar-refractivity contribution >= 4 is 22.6 Å². The maximum absolute atomic E-state index is 13.8. The molecule has 6 nitrogen and oxygen atoms in total. The van der Waals surface area contributed by atoms with E-state index in [1.807, 2.05) is 12.1 Å². The molecule has 138 valence electrons. The molecule has 3 aromatic rings. The van der Waals surface area contributed by atoms with E-state index >= 15 is 0 Å². The molecule has 1 saturated heterocycles. The monoisotopic (exact) mass is 365 g/mol. The van der Waals surface area contributed by atoms with E-state index in [1.165, 1.54) is 18.5 Å². The third-order valence-corrected chi connectivity index (χ3v) is 4.93. The fourth-order valence-corrected chi connectivity index (χ4v) is 3.66. The molecule has 1 fully saturated rings. The number of hydrogen-bond acceptors (Lipinski definition) is 5. The van der Waals surface area contributed by atoms with Crippen molar-refractivity contribution in [3.63, 3.8) is 0 Å². The van der Waals surface area contributed by atoms with Crippen molar-refractivity contribution in [2.45, 2.75) is 24.9 Å². The summed E-state index contributed by atoms with van der Waals surface area (Å²) in [6.07, 6.45) is 3.44. The Bertz CT molecular complexity index is 987. The molecule has 1 aliphatic heterocycles. The van der Waals surface area contributed by atoms with Gasteiger partial charge in [0.05, 0.1) is 17.1 Å². The topological polar surface area (TPSA) is 92.9 Å². The lowest BCUT2D eigenvalue weighted by Crippen LogP contribution is -2.34. The third-order valence-electron chi connectivity index (χ3n) is 4.93. The lowest BCUT2D eigenvalue weighted by atomic mass is 9.97. The number of amides is 1. The smallest absolute Gasteiger partial charge is 0.250 e. The van der Waals surface area contributed by atoms with E-state index in [1.54, 1.807) is 18.2 Å². The molecule has 2 atom stereocenters. The van der Waals surface area contributed by atoms with Crippen molar-refractivity contribution in [1.82, 2.24) is 15.3 Å². The number of carbonyl (C=O) groups excluding carboxylic acids is 1. The first kappa shape index (κ1) is 17.4. The van der Waals surface area contributed by atoms with Gasteiger partial charge in [-0.1, -0.05) is 18.2 Å². The minimum Gasteiger partial charge on any atom is -0.366 e. The molecule has 27 heavy (non-hydrogen) atoms. The van der Waals surface area contributed by atoms with Crippen molar-refractivity contribution in [1.29, 1.82) is 0 Å². The standard InChI is InChI=1S/C20H20FN5O/c21-13-5-1-4-12(10-13)17(16-8-3-9-23-16)26-20-15-7-2-6-14(19(22)27)18(15)24-11-25-20/h1-2,4-7,10-11,16-17,23H,3,8-9H2,(H2,22,27)(H,24,25,26). The van der Waals surface area contributed by atoms with Crippen LogP contribution in [0.3, 0.4) is 0 Å². The number of nitrogens with one attached hydrogen (secondary N) is 2. The zero-order valence-corrected chi connectivity index (χ0v) is 14.7. The predicted molar refractivity (Wildman–Crippen MR) is 102 cm³/mol. The van der Waals surface area contributed by atoms with E-state index in [-0.39, 0.29) is 17.9 Å². The fraction of sp³-hybridized carbons (Fsp3) is 0.250. The van der Waals surface area contributed by atoms with Gasteiger partial charge in [-0.25, -0.2) is 14.4 Å². The van der Waals surface area contributed by atoms with Crippen LogP contribution in [0.25, 0.3) is 10.9 Å². The molecule has 0 bridgehead atoms. The normalized spacial score (nSPS) is 17.7. The highest BCUT2D eigenvalue weighted by molar-refractivity contribution is 6.06. The highest BCUT2D eigenvalue weighted by atomic mass is 19.1. The van der Waals surface area contributed by atoms with E-state index in [0.717, 1.165) is 24.9 Å². The van der Waals surface area contributed by atoms with E-state index in [2.05, 4.69) is 20.6 Å². The van der Waals surface area contributed by atoms with E-state index in [0.29, 0.717) is 22.3 Å². The molecule has 1 aliphatic rings. The van der Waals surface area contributed by atoms with Gasteiger partial charge in [0, 0.05) is 11.4 Å². The van der Waals surface area contributed by atoms with Gasteiger partial charge in [0.2, 0.25) is 0 Å². The summed E-state index contributed by atoms with van der Waals surface area (Å²) in [5.74, 6) is -0.226. The summed E-state index contributed by atoms with van der Waals surface area (Å²) in [6.45, 7) is 0.925. The number of halogens is 1. The van der Waals surface area contributed by atoms with Crippen molar-refractivity contribution in [3.05, 3.63) is 65.7 Å². The van der Waals surface area contributed by atoms with E-state index in [9.17, 15) is 9.18 Å². The summed E-state index contributed by atoms with van der Waals surface area (Å²) < 4.78 is 13.8. The van der Waals surface area contributed by atoms with Gasteiger partial charge in [-0.15, -0.1) is 0 Å². The van der Waals surface area contributed by atoms with Gasteiger partial charge in [0.1, 0.15) is 18.0 Å². The van der Waals surface area contributed by atoms with Crippen molar-refractivity contribution in [2.24, 2.45) is 5.73 Å². The molecular formula is C20H20FN5O. The summed E-state index contributed by atoms with van der Waals surface area (Å²) in [5, 5.41) is 7.61. The second kappa shape index (κ2) is 7.28. The number of carbonyl (C=O) groups is 1. The zero-order chi connectivity index (χ0) is 18.8. The number of aromatic nitrogens is 2. The minimum atomic E-state index is -0.538. The third kappa shape index (κ3) is 3.46. The Hall–Kier alpha value is -3.06. The number of anilines is 1. The molecule has 0 radical (unpaired) electrons. The van der Waals surface area contributed by atoms with Gasteiger partial charge in [-0.3, -0.25) is 4.79 Å². The molecule has 2 heterocycles. The van der Waals surface area contributed by atoms with Crippen molar-refractivity contribution in [2.75, 3.05) is 11.9 Å². The minimum absolute atomic E-state index is 0.149. The van der Waals surface area contributed by atoms with Crippen LogP contribution < -0.4 is 16.4 Å². The second-order valence-corrected chi connectivity index (χ2v) is 6.67. The number of nitrogens with two attached hydrogens (primary N) is 1. The molecule has 0 spiro atoms. The summed E-state index contributed by atoms with van der Waals surface area (Å²) >= 11 is 0. The average Bonchev–Trinajstić information content (AvgIpc) is 3.20. The molecule has 2 unspecified atom stereocenters. The van der Waals surface area contributed by atoms with Crippen molar-refractivity contribution in [3.8, 4) is 0 Å². The largest absolute Gasteiger partial charge is 0.366 e. The Kier molecular flexibility index (Phi) is 4.68. The summed E-state index contributed by atoms with van der Waals surface area (Å²) in [7, 11) is 0. The quantitative estimate of drug-likeness (QED) is 0.646. The summed E-state index contributed by atoms with van der Waals surface area (Å²) in [4.78, 5) is 20.3. The first-order valence-electron chi connectivity index (χ1n) is 8.92. The summed E-state index contributed by atoms with van der Waals surface area (Å²) in [5.41, 5.74) is 7.15. The molecule has 0 saturated carbocycles. The predicted octanol–water partition coefficient (Wildman–Crippen LogP) is 2.77. The van der Waals surface area contributed by atoms with Crippen LogP contribution in [0.15, 0.2) is 48.8 Å². The summed E-state index contributed by atoms with van der Waals surface area (Å²) in [6, 6.07) is 11.8. The highest BCUT2D eigenvalue weighted by Gasteiger charge is 2.27. The van der Waals surface area contributed by atoms with Gasteiger partial charge in [-0.2, -0.15) is 0 Å². The van der Waals surface area contributed by atoms with Crippen LogP contribution in [-0.4, -0.2) is 28.5 Å². The fourth-order valence-electron chi connectivity index (χ4n) is 3.66.